The molecule has 0 radical (unpaired) electrons. The molecular weight excluding hydrogens is 410 g/mol. The van der Waals surface area contributed by atoms with E-state index in [0.29, 0.717) is 42.6 Å². The summed E-state index contributed by atoms with van der Waals surface area (Å²) in [5.74, 6) is -0.0128. The van der Waals surface area contributed by atoms with Gasteiger partial charge in [-0.1, -0.05) is 29.8 Å². The van der Waals surface area contributed by atoms with E-state index in [4.69, 9.17) is 17.3 Å². The number of rotatable bonds is 3. The first kappa shape index (κ1) is 19.7. The maximum atomic E-state index is 13.1. The fourth-order valence-corrected chi connectivity index (χ4v) is 4.93. The van der Waals surface area contributed by atoms with Gasteiger partial charge in [0.2, 0.25) is 0 Å². The smallest absolute Gasteiger partial charge is 0.314 e. The number of benzene rings is 1. The van der Waals surface area contributed by atoms with E-state index in [-0.39, 0.29) is 5.91 Å². The van der Waals surface area contributed by atoms with E-state index < -0.39 is 6.03 Å². The van der Waals surface area contributed by atoms with Crippen molar-refractivity contribution in [1.82, 2.24) is 19.6 Å². The number of carbonyl (C=O) groups is 2. The summed E-state index contributed by atoms with van der Waals surface area (Å²) >= 11 is 7.75. The second-order valence-corrected chi connectivity index (χ2v) is 8.57. The van der Waals surface area contributed by atoms with Gasteiger partial charge in [0.25, 0.3) is 5.91 Å². The normalized spacial score (nSPS) is 15.0. The molecule has 7 nitrogen and oxygen atoms in total. The summed E-state index contributed by atoms with van der Waals surface area (Å²) in [7, 11) is 0. The SMILES string of the molecule is Cc1nn(Cc2ccccc2Cl)c2sc(C(=O)N3CCCN(C(N)=O)CC3)cc12. The molecule has 1 fully saturated rings. The van der Waals surface area contributed by atoms with E-state index in [2.05, 4.69) is 5.10 Å². The molecule has 2 aromatic heterocycles. The Morgan fingerprint density at radius 3 is 2.66 bits per heavy atom. The number of nitrogens with two attached hydrogens (primary N) is 1. The molecule has 0 aliphatic carbocycles. The highest BCUT2D eigenvalue weighted by molar-refractivity contribution is 7.20. The van der Waals surface area contributed by atoms with E-state index in [1.165, 1.54) is 11.3 Å². The van der Waals surface area contributed by atoms with Crippen LogP contribution in [0.4, 0.5) is 4.79 Å². The van der Waals surface area contributed by atoms with Crippen molar-refractivity contribution in [2.24, 2.45) is 5.73 Å². The van der Waals surface area contributed by atoms with Crippen molar-refractivity contribution in [2.45, 2.75) is 19.9 Å². The Morgan fingerprint density at radius 1 is 1.17 bits per heavy atom. The summed E-state index contributed by atoms with van der Waals surface area (Å²) in [4.78, 5) is 29.5. The molecule has 29 heavy (non-hydrogen) atoms. The predicted molar refractivity (Wildman–Crippen MR) is 115 cm³/mol. The molecule has 3 aromatic rings. The minimum Gasteiger partial charge on any atom is -0.351 e. The number of hydrogen-bond acceptors (Lipinski definition) is 4. The van der Waals surface area contributed by atoms with E-state index in [0.717, 1.165) is 27.9 Å². The third-order valence-corrected chi connectivity index (χ3v) is 6.70. The molecule has 1 aliphatic rings. The van der Waals surface area contributed by atoms with Gasteiger partial charge >= 0.3 is 6.03 Å². The van der Waals surface area contributed by atoms with Crippen LogP contribution in [-0.2, 0) is 6.54 Å². The van der Waals surface area contributed by atoms with E-state index in [1.54, 1.807) is 9.80 Å². The van der Waals surface area contributed by atoms with Crippen molar-refractivity contribution in [3.05, 3.63) is 51.5 Å². The van der Waals surface area contributed by atoms with Gasteiger partial charge in [-0.05, 0) is 31.0 Å². The number of nitrogens with zero attached hydrogens (tertiary/aromatic N) is 4. The van der Waals surface area contributed by atoms with Crippen LogP contribution in [0.15, 0.2) is 30.3 Å². The van der Waals surface area contributed by atoms with E-state index in [1.807, 2.05) is 41.9 Å². The van der Waals surface area contributed by atoms with Crippen LogP contribution >= 0.6 is 22.9 Å². The molecule has 0 saturated carbocycles. The summed E-state index contributed by atoms with van der Waals surface area (Å²) in [5, 5.41) is 6.31. The third-order valence-electron chi connectivity index (χ3n) is 5.19. The monoisotopic (exact) mass is 431 g/mol. The number of aryl methyl sites for hydroxylation is 1. The van der Waals surface area contributed by atoms with Crippen LogP contribution in [0, 0.1) is 6.92 Å². The summed E-state index contributed by atoms with van der Waals surface area (Å²) in [6.07, 6.45) is 0.721. The maximum absolute atomic E-state index is 13.1. The molecule has 3 heterocycles. The van der Waals surface area contributed by atoms with Gasteiger partial charge in [-0.3, -0.25) is 9.48 Å². The van der Waals surface area contributed by atoms with Crippen molar-refractivity contribution in [3.63, 3.8) is 0 Å². The topological polar surface area (TPSA) is 84.5 Å². The number of thiophene rings is 1. The lowest BCUT2D eigenvalue weighted by Gasteiger charge is -2.20. The summed E-state index contributed by atoms with van der Waals surface area (Å²) in [6, 6.07) is 9.18. The summed E-state index contributed by atoms with van der Waals surface area (Å²) < 4.78 is 1.91. The first-order valence-electron chi connectivity index (χ1n) is 9.48. The van der Waals surface area contributed by atoms with E-state index >= 15 is 0 Å². The molecule has 1 saturated heterocycles. The first-order chi connectivity index (χ1) is 13.9. The van der Waals surface area contributed by atoms with Crippen LogP contribution in [0.1, 0.15) is 27.3 Å². The number of urea groups is 1. The fourth-order valence-electron chi connectivity index (χ4n) is 3.61. The Kier molecular flexibility index (Phi) is 5.47. The highest BCUT2D eigenvalue weighted by atomic mass is 35.5. The Balaban J connectivity index is 1.58. The molecule has 0 atom stereocenters. The van der Waals surface area contributed by atoms with Crippen molar-refractivity contribution >= 4 is 45.1 Å². The second kappa shape index (κ2) is 8.04. The quantitative estimate of drug-likeness (QED) is 0.690. The van der Waals surface area contributed by atoms with Crippen LogP contribution in [0.3, 0.4) is 0 Å². The average Bonchev–Trinajstić information content (AvgIpc) is 3.14. The standard InChI is InChI=1S/C20H22ClN5O2S/c1-13-15-11-17(18(27)24-7-4-8-25(10-9-24)20(22)28)29-19(15)26(23-13)12-14-5-2-3-6-16(14)21/h2-3,5-6,11H,4,7-10,12H2,1H3,(H2,22,28). The molecule has 4 rings (SSSR count). The molecule has 2 N–H and O–H groups in total. The molecule has 0 unspecified atom stereocenters. The summed E-state index contributed by atoms with van der Waals surface area (Å²) in [6.45, 7) is 4.64. The Bertz CT molecular complexity index is 1080. The molecule has 1 aliphatic heterocycles. The lowest BCUT2D eigenvalue weighted by atomic mass is 10.2. The van der Waals surface area contributed by atoms with Crippen LogP contribution in [0.5, 0.6) is 0 Å². The van der Waals surface area contributed by atoms with Gasteiger partial charge in [0.1, 0.15) is 4.83 Å². The molecule has 9 heteroatoms. The number of hydrogen-bond donors (Lipinski definition) is 1. The minimum atomic E-state index is -0.434. The highest BCUT2D eigenvalue weighted by Crippen LogP contribution is 2.30. The minimum absolute atomic E-state index is 0.0128. The zero-order valence-electron chi connectivity index (χ0n) is 16.1. The Morgan fingerprint density at radius 2 is 1.90 bits per heavy atom. The average molecular weight is 432 g/mol. The molecule has 3 amide bonds. The number of primary amides is 1. The molecule has 152 valence electrons. The molecule has 1 aromatic carbocycles. The zero-order valence-corrected chi connectivity index (χ0v) is 17.7. The van der Waals surface area contributed by atoms with Gasteiger partial charge in [-0.25, -0.2) is 4.79 Å². The largest absolute Gasteiger partial charge is 0.351 e. The van der Waals surface area contributed by atoms with Crippen LogP contribution < -0.4 is 5.73 Å². The molecule has 0 spiro atoms. The van der Waals surface area contributed by atoms with Gasteiger partial charge in [0, 0.05) is 36.6 Å². The predicted octanol–water partition coefficient (Wildman–Crippen LogP) is 3.33. The first-order valence-corrected chi connectivity index (χ1v) is 10.7. The zero-order chi connectivity index (χ0) is 20.5. The summed E-state index contributed by atoms with van der Waals surface area (Å²) in [5.41, 5.74) is 7.25. The Hall–Kier alpha value is -2.58. The fraction of sp³-hybridized carbons (Fsp3) is 0.350. The lowest BCUT2D eigenvalue weighted by molar-refractivity contribution is 0.0767. The van der Waals surface area contributed by atoms with Crippen molar-refractivity contribution in [2.75, 3.05) is 26.2 Å². The second-order valence-electron chi connectivity index (χ2n) is 7.13. The lowest BCUT2D eigenvalue weighted by Crippen LogP contribution is -2.39. The van der Waals surface area contributed by atoms with Crippen molar-refractivity contribution in [1.29, 1.82) is 0 Å². The number of aromatic nitrogens is 2. The van der Waals surface area contributed by atoms with Crippen LogP contribution in [0.2, 0.25) is 5.02 Å². The molecule has 0 bridgehead atoms. The van der Waals surface area contributed by atoms with Crippen LogP contribution in [0.25, 0.3) is 10.2 Å². The number of carbonyl (C=O) groups excluding carboxylic acids is 2. The molecular formula is C20H22ClN5O2S. The number of halogens is 1. The van der Waals surface area contributed by atoms with Gasteiger partial charge in [-0.2, -0.15) is 5.10 Å². The third kappa shape index (κ3) is 3.95. The maximum Gasteiger partial charge on any atom is 0.314 e. The number of amides is 3. The van der Waals surface area contributed by atoms with E-state index in [9.17, 15) is 9.59 Å². The van der Waals surface area contributed by atoms with Gasteiger partial charge < -0.3 is 15.5 Å². The van der Waals surface area contributed by atoms with Crippen LogP contribution in [-0.4, -0.2) is 57.7 Å². The van der Waals surface area contributed by atoms with Gasteiger partial charge in [0.15, 0.2) is 0 Å². The van der Waals surface area contributed by atoms with Crippen molar-refractivity contribution in [3.8, 4) is 0 Å². The highest BCUT2D eigenvalue weighted by Gasteiger charge is 2.24. The van der Waals surface area contributed by atoms with Gasteiger partial charge in [-0.15, -0.1) is 11.3 Å². The van der Waals surface area contributed by atoms with Crippen molar-refractivity contribution < 1.29 is 9.59 Å². The Labute approximate surface area is 177 Å². The number of fused-ring (bicyclic) bond motifs is 1. The van der Waals surface area contributed by atoms with Gasteiger partial charge in [0.05, 0.1) is 17.1 Å².